The molecule has 3 heterocycles. The molecule has 1 aromatic carbocycles. The van der Waals surface area contributed by atoms with Crippen molar-refractivity contribution in [3.05, 3.63) is 66.5 Å². The number of hydrogen-bond acceptors (Lipinski definition) is 6. The zero-order valence-corrected chi connectivity index (χ0v) is 18.7. The van der Waals surface area contributed by atoms with Gasteiger partial charge >= 0.3 is 0 Å². The summed E-state index contributed by atoms with van der Waals surface area (Å²) in [5.74, 6) is 3.28. The second kappa shape index (κ2) is 9.74. The van der Waals surface area contributed by atoms with E-state index in [0.717, 1.165) is 60.9 Å². The van der Waals surface area contributed by atoms with Crippen LogP contribution in [-0.2, 0) is 17.8 Å². The lowest BCUT2D eigenvalue weighted by molar-refractivity contribution is 0.104. The fourth-order valence-corrected chi connectivity index (χ4v) is 4.83. The standard InChI is InChI=1S/C26H31N5O/c1-2-19-12-29-26(30-13-19)31-9-7-22(8-10-31)25-11-23(25)17-32-16-20-3-5-21(6-4-20)24-14-27-18-28-15-24/h3-6,12-15,18,22-23,25H,2,7-11,16-17H2,1H3/t23-,25+/m0/s1. The van der Waals surface area contributed by atoms with Crippen molar-refractivity contribution >= 4 is 5.95 Å². The van der Waals surface area contributed by atoms with Crippen molar-refractivity contribution in [2.24, 2.45) is 17.8 Å². The smallest absolute Gasteiger partial charge is 0.225 e. The van der Waals surface area contributed by atoms with Gasteiger partial charge in [-0.15, -0.1) is 0 Å². The van der Waals surface area contributed by atoms with Crippen molar-refractivity contribution in [1.82, 2.24) is 19.9 Å². The number of aromatic nitrogens is 4. The lowest BCUT2D eigenvalue weighted by atomic mass is 9.91. The molecule has 0 amide bonds. The van der Waals surface area contributed by atoms with Crippen LogP contribution in [0, 0.1) is 17.8 Å². The molecule has 6 nitrogen and oxygen atoms in total. The van der Waals surface area contributed by atoms with Gasteiger partial charge in [0, 0.05) is 43.4 Å². The van der Waals surface area contributed by atoms with Crippen molar-refractivity contribution in [3.8, 4) is 11.1 Å². The molecule has 2 fully saturated rings. The summed E-state index contributed by atoms with van der Waals surface area (Å²) in [6.45, 7) is 5.83. The number of hydrogen-bond donors (Lipinski definition) is 0. The van der Waals surface area contributed by atoms with Crippen molar-refractivity contribution < 1.29 is 4.74 Å². The van der Waals surface area contributed by atoms with E-state index in [1.165, 1.54) is 30.4 Å². The first-order chi connectivity index (χ1) is 15.8. The Morgan fingerprint density at radius 2 is 1.62 bits per heavy atom. The summed E-state index contributed by atoms with van der Waals surface area (Å²) in [5, 5.41) is 0. The highest BCUT2D eigenvalue weighted by Crippen LogP contribution is 2.48. The number of aryl methyl sites for hydroxylation is 1. The molecule has 32 heavy (non-hydrogen) atoms. The molecule has 0 bridgehead atoms. The van der Waals surface area contributed by atoms with Gasteiger partial charge in [0.05, 0.1) is 13.2 Å². The molecule has 166 valence electrons. The minimum Gasteiger partial charge on any atom is -0.376 e. The first kappa shape index (κ1) is 21.0. The second-order valence-electron chi connectivity index (χ2n) is 9.07. The summed E-state index contributed by atoms with van der Waals surface area (Å²) in [5.41, 5.74) is 4.59. The molecular formula is C26H31N5O. The molecule has 0 radical (unpaired) electrons. The maximum atomic E-state index is 6.07. The van der Waals surface area contributed by atoms with Crippen molar-refractivity contribution in [2.45, 2.75) is 39.2 Å². The Hall–Kier alpha value is -2.86. The van der Waals surface area contributed by atoms with Crippen LogP contribution in [0.2, 0.25) is 0 Å². The molecule has 6 heteroatoms. The van der Waals surface area contributed by atoms with E-state index in [0.29, 0.717) is 6.61 Å². The van der Waals surface area contributed by atoms with Gasteiger partial charge in [-0.3, -0.25) is 0 Å². The van der Waals surface area contributed by atoms with E-state index in [1.54, 1.807) is 6.33 Å². The number of nitrogens with zero attached hydrogens (tertiary/aromatic N) is 5. The summed E-state index contributed by atoms with van der Waals surface area (Å²) in [6.07, 6.45) is 13.9. The number of anilines is 1. The minimum atomic E-state index is 0.679. The van der Waals surface area contributed by atoms with E-state index in [2.05, 4.69) is 56.0 Å². The van der Waals surface area contributed by atoms with E-state index in [1.807, 2.05) is 24.8 Å². The van der Waals surface area contributed by atoms with E-state index < -0.39 is 0 Å². The van der Waals surface area contributed by atoms with Gasteiger partial charge in [0.15, 0.2) is 0 Å². The predicted octanol–water partition coefficient (Wildman–Crippen LogP) is 4.57. The van der Waals surface area contributed by atoms with Gasteiger partial charge < -0.3 is 9.64 Å². The Morgan fingerprint density at radius 3 is 2.31 bits per heavy atom. The maximum Gasteiger partial charge on any atom is 0.225 e. The first-order valence-corrected chi connectivity index (χ1v) is 11.8. The van der Waals surface area contributed by atoms with Crippen molar-refractivity contribution in [2.75, 3.05) is 24.6 Å². The van der Waals surface area contributed by atoms with Gasteiger partial charge in [-0.25, -0.2) is 19.9 Å². The summed E-state index contributed by atoms with van der Waals surface area (Å²) in [4.78, 5) is 19.6. The Balaban J connectivity index is 1.03. The molecule has 1 aliphatic carbocycles. The van der Waals surface area contributed by atoms with Crippen molar-refractivity contribution in [3.63, 3.8) is 0 Å². The quantitative estimate of drug-likeness (QED) is 0.523. The average Bonchev–Trinajstić information content (AvgIpc) is 3.65. The van der Waals surface area contributed by atoms with Crippen LogP contribution in [0.5, 0.6) is 0 Å². The van der Waals surface area contributed by atoms with Gasteiger partial charge in [0.2, 0.25) is 5.95 Å². The summed E-state index contributed by atoms with van der Waals surface area (Å²) in [7, 11) is 0. The number of rotatable bonds is 8. The SMILES string of the molecule is CCc1cnc(N2CCC([C@H]3C[C@H]3COCc3ccc(-c4cncnc4)cc3)CC2)nc1. The zero-order valence-electron chi connectivity index (χ0n) is 18.7. The molecule has 0 spiro atoms. The molecule has 2 aliphatic rings. The Labute approximate surface area is 190 Å². The molecule has 5 rings (SSSR count). The monoisotopic (exact) mass is 429 g/mol. The number of piperidine rings is 1. The third-order valence-electron chi connectivity index (χ3n) is 6.95. The van der Waals surface area contributed by atoms with Crippen molar-refractivity contribution in [1.29, 1.82) is 0 Å². The Kier molecular flexibility index (Phi) is 6.39. The molecule has 2 atom stereocenters. The van der Waals surface area contributed by atoms with Crippen LogP contribution >= 0.6 is 0 Å². The molecule has 3 aromatic rings. The van der Waals surface area contributed by atoms with Gasteiger partial charge in [-0.05, 0) is 60.1 Å². The molecule has 2 aromatic heterocycles. The van der Waals surface area contributed by atoms with Gasteiger partial charge in [-0.2, -0.15) is 0 Å². The zero-order chi connectivity index (χ0) is 21.8. The van der Waals surface area contributed by atoms with E-state index in [-0.39, 0.29) is 0 Å². The summed E-state index contributed by atoms with van der Waals surface area (Å²) < 4.78 is 6.07. The van der Waals surface area contributed by atoms with Gasteiger partial charge in [-0.1, -0.05) is 31.2 Å². The molecule has 1 aliphatic heterocycles. The molecule has 0 N–H and O–H groups in total. The highest BCUT2D eigenvalue weighted by molar-refractivity contribution is 5.61. The first-order valence-electron chi connectivity index (χ1n) is 11.8. The molecule has 1 saturated carbocycles. The van der Waals surface area contributed by atoms with Crippen LogP contribution in [0.1, 0.15) is 37.3 Å². The fourth-order valence-electron chi connectivity index (χ4n) is 4.83. The van der Waals surface area contributed by atoms with Crippen LogP contribution < -0.4 is 4.90 Å². The third-order valence-corrected chi connectivity index (χ3v) is 6.95. The average molecular weight is 430 g/mol. The highest BCUT2D eigenvalue weighted by atomic mass is 16.5. The molecular weight excluding hydrogens is 398 g/mol. The fraction of sp³-hybridized carbons (Fsp3) is 0.462. The third kappa shape index (κ3) is 4.96. The number of ether oxygens (including phenoxy) is 1. The summed E-state index contributed by atoms with van der Waals surface area (Å²) >= 11 is 0. The Bertz CT molecular complexity index is 985. The van der Waals surface area contributed by atoms with Gasteiger partial charge in [0.25, 0.3) is 0 Å². The molecule has 0 unspecified atom stereocenters. The topological polar surface area (TPSA) is 64.0 Å². The minimum absolute atomic E-state index is 0.679. The highest BCUT2D eigenvalue weighted by Gasteiger charge is 2.43. The lowest BCUT2D eigenvalue weighted by Crippen LogP contribution is -2.35. The van der Waals surface area contributed by atoms with E-state index in [4.69, 9.17) is 4.74 Å². The Morgan fingerprint density at radius 1 is 0.906 bits per heavy atom. The van der Waals surface area contributed by atoms with Gasteiger partial charge in [0.1, 0.15) is 6.33 Å². The van der Waals surface area contributed by atoms with Crippen LogP contribution in [-0.4, -0.2) is 39.6 Å². The van der Waals surface area contributed by atoms with Crippen LogP contribution in [0.3, 0.4) is 0 Å². The second-order valence-corrected chi connectivity index (χ2v) is 9.07. The van der Waals surface area contributed by atoms with E-state index in [9.17, 15) is 0 Å². The van der Waals surface area contributed by atoms with Crippen LogP contribution in [0.15, 0.2) is 55.4 Å². The van der Waals surface area contributed by atoms with E-state index >= 15 is 0 Å². The summed E-state index contributed by atoms with van der Waals surface area (Å²) in [6, 6.07) is 8.50. The van der Waals surface area contributed by atoms with Crippen LogP contribution in [0.4, 0.5) is 5.95 Å². The number of benzene rings is 1. The predicted molar refractivity (Wildman–Crippen MR) is 125 cm³/mol. The largest absolute Gasteiger partial charge is 0.376 e. The molecule has 1 saturated heterocycles. The maximum absolute atomic E-state index is 6.07. The lowest BCUT2D eigenvalue weighted by Gasteiger charge is -2.32. The normalized spacial score (nSPS) is 21.0. The van der Waals surface area contributed by atoms with Crippen LogP contribution in [0.25, 0.3) is 11.1 Å².